The van der Waals surface area contributed by atoms with Gasteiger partial charge in [0.2, 0.25) is 5.52 Å². The number of hydrogen-bond acceptors (Lipinski definition) is 0. The number of benzene rings is 3. The Balaban J connectivity index is 1.58. The summed E-state index contributed by atoms with van der Waals surface area (Å²) in [6.07, 6.45) is 9.12. The highest BCUT2D eigenvalue weighted by Crippen LogP contribution is 2.53. The lowest BCUT2D eigenvalue weighted by Crippen LogP contribution is -2.29. The topological polar surface area (TPSA) is 8.29 Å². The lowest BCUT2D eigenvalue weighted by Gasteiger charge is -2.23. The molecule has 180 valence electrons. The van der Waals surface area contributed by atoms with Gasteiger partial charge in [-0.25, -0.2) is 4.57 Å². The van der Waals surface area contributed by atoms with Crippen molar-refractivity contribution in [3.63, 3.8) is 0 Å². The van der Waals surface area contributed by atoms with Crippen molar-refractivity contribution in [2.45, 2.75) is 58.8 Å². The zero-order chi connectivity index (χ0) is 24.3. The minimum Gasteiger partial charge on any atom is -0.307 e. The zero-order valence-corrected chi connectivity index (χ0v) is 21.9. The van der Waals surface area contributed by atoms with Crippen LogP contribution in [0.15, 0.2) is 54.7 Å². The predicted octanol–water partition coefficient (Wildman–Crippen LogP) is 8.22. The van der Waals surface area contributed by atoms with E-state index in [1.54, 1.807) is 5.56 Å². The van der Waals surface area contributed by atoms with Crippen LogP contribution in [0.25, 0.3) is 49.0 Å². The minimum absolute atomic E-state index is 0.651. The summed E-state index contributed by atoms with van der Waals surface area (Å²) in [4.78, 5) is 0. The maximum atomic E-state index is 2.64. The van der Waals surface area contributed by atoms with Gasteiger partial charge in [0.15, 0.2) is 6.20 Å². The molecule has 6 aromatic rings. The van der Waals surface area contributed by atoms with Gasteiger partial charge >= 0.3 is 0 Å². The lowest BCUT2D eigenvalue weighted by molar-refractivity contribution is -0.643. The van der Waals surface area contributed by atoms with Crippen molar-refractivity contribution < 1.29 is 4.57 Å². The van der Waals surface area contributed by atoms with Crippen molar-refractivity contribution in [2.75, 3.05) is 0 Å². The van der Waals surface area contributed by atoms with Crippen LogP contribution < -0.4 is 4.57 Å². The Hall–Kier alpha value is -3.13. The fourth-order valence-corrected chi connectivity index (χ4v) is 8.25. The molecular formula is C34H35N2+. The molecule has 2 heteroatoms. The van der Waals surface area contributed by atoms with E-state index in [9.17, 15) is 0 Å². The molecule has 2 nitrogen and oxygen atoms in total. The van der Waals surface area contributed by atoms with E-state index < -0.39 is 0 Å². The van der Waals surface area contributed by atoms with Crippen LogP contribution in [-0.4, -0.2) is 4.40 Å². The van der Waals surface area contributed by atoms with Crippen molar-refractivity contribution in [1.29, 1.82) is 0 Å². The van der Waals surface area contributed by atoms with Gasteiger partial charge in [0, 0.05) is 16.8 Å². The van der Waals surface area contributed by atoms with Gasteiger partial charge in [-0.1, -0.05) is 50.6 Å². The van der Waals surface area contributed by atoms with Crippen LogP contribution in [0.4, 0.5) is 0 Å². The van der Waals surface area contributed by atoms with Gasteiger partial charge in [-0.05, 0) is 90.5 Å². The summed E-state index contributed by atoms with van der Waals surface area (Å²) in [5, 5.41) is 6.99. The van der Waals surface area contributed by atoms with E-state index in [2.05, 4.69) is 91.5 Å². The maximum Gasteiger partial charge on any atom is 0.224 e. The third kappa shape index (κ3) is 2.71. The summed E-state index contributed by atoms with van der Waals surface area (Å²) in [5.41, 5.74) is 9.93. The Morgan fingerprint density at radius 2 is 1.78 bits per heavy atom. The molecule has 2 aliphatic carbocycles. The van der Waals surface area contributed by atoms with Gasteiger partial charge < -0.3 is 4.40 Å². The van der Waals surface area contributed by atoms with Crippen molar-refractivity contribution >= 4 is 49.0 Å². The SMILES string of the molecule is Cc1ccc2c3ccc(CC(C)C)cc3n3c4cc(C5CC6CCC5C6)cc5cc[n+](C)c(c1c23)c54. The fourth-order valence-electron chi connectivity index (χ4n) is 8.25. The minimum atomic E-state index is 0.651. The van der Waals surface area contributed by atoms with Crippen LogP contribution in [-0.2, 0) is 13.5 Å². The first kappa shape index (κ1) is 21.0. The van der Waals surface area contributed by atoms with E-state index in [0.717, 1.165) is 24.2 Å². The third-order valence-corrected chi connectivity index (χ3v) is 9.73. The standard InChI is InChI=1S/C34H35N2/c1-19(2)13-21-7-10-26-27-9-5-20(3)31-33(27)36(29(26)16-21)30-18-25(28-15-22-6-8-23(28)14-22)17-24-11-12-35(4)34(31)32(24)30/h5,7,9-12,16-19,22-23,28H,6,8,13-15H2,1-4H3/q+1. The molecular weight excluding hydrogens is 436 g/mol. The Kier molecular flexibility index (Phi) is 4.21. The summed E-state index contributed by atoms with van der Waals surface area (Å²) < 4.78 is 5.00. The Morgan fingerprint density at radius 3 is 2.56 bits per heavy atom. The van der Waals surface area contributed by atoms with Gasteiger partial charge in [-0.15, -0.1) is 0 Å². The van der Waals surface area contributed by atoms with E-state index in [0.29, 0.717) is 5.92 Å². The molecule has 3 aromatic heterocycles. The number of rotatable bonds is 3. The Labute approximate surface area is 212 Å². The summed E-state index contributed by atoms with van der Waals surface area (Å²) in [5.74, 6) is 3.22. The number of fused-ring (bicyclic) bond motifs is 7. The van der Waals surface area contributed by atoms with Crippen LogP contribution in [0.3, 0.4) is 0 Å². The van der Waals surface area contributed by atoms with E-state index in [1.807, 2.05) is 0 Å². The third-order valence-electron chi connectivity index (χ3n) is 9.73. The Bertz CT molecular complexity index is 1840. The average Bonchev–Trinajstić information content (AvgIpc) is 3.57. The Morgan fingerprint density at radius 1 is 0.917 bits per heavy atom. The molecule has 0 radical (unpaired) electrons. The summed E-state index contributed by atoms with van der Waals surface area (Å²) >= 11 is 0. The molecule has 3 heterocycles. The number of aromatic nitrogens is 2. The molecule has 0 N–H and O–H groups in total. The molecule has 36 heavy (non-hydrogen) atoms. The van der Waals surface area contributed by atoms with E-state index in [1.165, 1.54) is 85.8 Å². The monoisotopic (exact) mass is 471 g/mol. The quantitative estimate of drug-likeness (QED) is 0.140. The highest BCUT2D eigenvalue weighted by atomic mass is 15.0. The molecule has 3 aromatic carbocycles. The van der Waals surface area contributed by atoms with Gasteiger partial charge in [0.1, 0.15) is 7.05 Å². The first-order valence-electron chi connectivity index (χ1n) is 14.0. The number of hydrogen-bond donors (Lipinski definition) is 0. The predicted molar refractivity (Wildman–Crippen MR) is 151 cm³/mol. The molecule has 3 unspecified atom stereocenters. The zero-order valence-electron chi connectivity index (χ0n) is 21.9. The van der Waals surface area contributed by atoms with Crippen LogP contribution in [0.2, 0.25) is 0 Å². The summed E-state index contributed by atoms with van der Waals surface area (Å²) in [7, 11) is 2.22. The molecule has 0 aliphatic heterocycles. The van der Waals surface area contributed by atoms with Crippen molar-refractivity contribution in [3.05, 3.63) is 71.4 Å². The van der Waals surface area contributed by atoms with Crippen LogP contribution in [0.1, 0.15) is 62.1 Å². The maximum absolute atomic E-state index is 2.64. The first-order chi connectivity index (χ1) is 17.5. The van der Waals surface area contributed by atoms with Crippen molar-refractivity contribution in [3.8, 4) is 0 Å². The number of nitrogens with zero attached hydrogens (tertiary/aromatic N) is 2. The number of aryl methyl sites for hydroxylation is 2. The van der Waals surface area contributed by atoms with E-state index in [4.69, 9.17) is 0 Å². The average molecular weight is 472 g/mol. The normalized spacial score (nSPS) is 22.1. The molecule has 3 atom stereocenters. The van der Waals surface area contributed by atoms with Gasteiger partial charge in [0.25, 0.3) is 0 Å². The van der Waals surface area contributed by atoms with Gasteiger partial charge in [0.05, 0.1) is 27.3 Å². The van der Waals surface area contributed by atoms with Crippen LogP contribution in [0.5, 0.6) is 0 Å². The van der Waals surface area contributed by atoms with E-state index in [-0.39, 0.29) is 0 Å². The summed E-state index contributed by atoms with van der Waals surface area (Å²) in [6, 6.07) is 19.4. The van der Waals surface area contributed by atoms with Crippen LogP contribution >= 0.6 is 0 Å². The van der Waals surface area contributed by atoms with Crippen molar-refractivity contribution in [2.24, 2.45) is 24.8 Å². The summed E-state index contributed by atoms with van der Waals surface area (Å²) in [6.45, 7) is 6.93. The molecule has 0 amide bonds. The second kappa shape index (κ2) is 7.22. The smallest absolute Gasteiger partial charge is 0.224 e. The molecule has 2 saturated carbocycles. The van der Waals surface area contributed by atoms with Crippen molar-refractivity contribution in [1.82, 2.24) is 4.40 Å². The lowest BCUT2D eigenvalue weighted by atomic mass is 9.82. The molecule has 2 aliphatic rings. The van der Waals surface area contributed by atoms with Crippen LogP contribution in [0, 0.1) is 24.7 Å². The molecule has 2 bridgehead atoms. The molecule has 0 saturated heterocycles. The molecule has 8 rings (SSSR count). The fraction of sp³-hybridized carbons (Fsp3) is 0.382. The van der Waals surface area contributed by atoms with Gasteiger partial charge in [-0.3, -0.25) is 0 Å². The molecule has 2 fully saturated rings. The molecule has 0 spiro atoms. The highest BCUT2D eigenvalue weighted by Gasteiger charge is 2.40. The largest absolute Gasteiger partial charge is 0.307 e. The number of pyridine rings is 2. The second-order valence-electron chi connectivity index (χ2n) is 12.5. The first-order valence-corrected chi connectivity index (χ1v) is 14.0. The van der Waals surface area contributed by atoms with Gasteiger partial charge in [-0.2, -0.15) is 0 Å². The highest BCUT2D eigenvalue weighted by molar-refractivity contribution is 6.25. The van der Waals surface area contributed by atoms with E-state index >= 15 is 0 Å². The second-order valence-corrected chi connectivity index (χ2v) is 12.5.